The number of rotatable bonds is 3. The summed E-state index contributed by atoms with van der Waals surface area (Å²) in [7, 11) is 0. The van der Waals surface area contributed by atoms with Gasteiger partial charge in [-0.25, -0.2) is 14.6 Å². The molecule has 0 spiro atoms. The van der Waals surface area contributed by atoms with Gasteiger partial charge in [-0.15, -0.1) is 21.5 Å². The maximum absolute atomic E-state index is 5.92. The molecule has 4 aromatic rings. The largest absolute Gasteiger partial charge is 0.336 e. The summed E-state index contributed by atoms with van der Waals surface area (Å²) < 4.78 is 1.46. The van der Waals surface area contributed by atoms with Crippen LogP contribution in [-0.4, -0.2) is 24.8 Å². The summed E-state index contributed by atoms with van der Waals surface area (Å²) in [4.78, 5) is 10.9. The number of nitrogens with zero attached hydrogens (tertiary/aromatic N) is 5. The monoisotopic (exact) mass is 340 g/mol. The number of aromatic nitrogens is 5. The average Bonchev–Trinajstić information content (AvgIpc) is 3.15. The van der Waals surface area contributed by atoms with E-state index >= 15 is 0 Å². The molecule has 3 aromatic heterocycles. The van der Waals surface area contributed by atoms with Gasteiger partial charge in [-0.2, -0.15) is 0 Å². The predicted octanol–water partition coefficient (Wildman–Crippen LogP) is 3.12. The third kappa shape index (κ3) is 2.55. The molecule has 6 nitrogen and oxygen atoms in total. The minimum absolute atomic E-state index is 0.606. The van der Waals surface area contributed by atoms with Crippen molar-refractivity contribution in [2.75, 3.05) is 5.84 Å². The summed E-state index contributed by atoms with van der Waals surface area (Å²) in [6, 6.07) is 12.4. The van der Waals surface area contributed by atoms with Gasteiger partial charge in [0.15, 0.2) is 0 Å². The summed E-state index contributed by atoms with van der Waals surface area (Å²) in [5.74, 6) is 6.58. The molecule has 0 atom stereocenters. The molecule has 0 saturated heterocycles. The molecule has 8 heteroatoms. The Balaban J connectivity index is 1.79. The van der Waals surface area contributed by atoms with Crippen molar-refractivity contribution in [2.24, 2.45) is 0 Å². The first-order chi connectivity index (χ1) is 11.2. The van der Waals surface area contributed by atoms with Gasteiger partial charge < -0.3 is 5.84 Å². The fourth-order valence-corrected chi connectivity index (χ4v) is 4.09. The molecule has 23 heavy (non-hydrogen) atoms. The Labute approximate surface area is 140 Å². The van der Waals surface area contributed by atoms with Crippen LogP contribution in [-0.2, 0) is 0 Å². The van der Waals surface area contributed by atoms with E-state index in [4.69, 9.17) is 5.84 Å². The van der Waals surface area contributed by atoms with Crippen LogP contribution in [0.4, 0.5) is 0 Å². The standard InChI is InChI=1S/C15H12N6S2/c1-9-19-20-15(21(9)16)23-14-11-7-12(10-5-3-2-4-6-10)22-13(11)17-8-18-14/h2-8H,16H2,1H3. The molecule has 114 valence electrons. The summed E-state index contributed by atoms with van der Waals surface area (Å²) >= 11 is 3.04. The van der Waals surface area contributed by atoms with Crippen molar-refractivity contribution in [1.82, 2.24) is 24.8 Å². The Morgan fingerprint density at radius 2 is 1.96 bits per heavy atom. The Morgan fingerprint density at radius 3 is 2.70 bits per heavy atom. The molecule has 0 bridgehead atoms. The van der Waals surface area contributed by atoms with Crippen LogP contribution >= 0.6 is 23.1 Å². The zero-order valence-corrected chi connectivity index (χ0v) is 13.8. The van der Waals surface area contributed by atoms with E-state index in [9.17, 15) is 0 Å². The molecule has 0 aliphatic heterocycles. The number of fused-ring (bicyclic) bond motifs is 1. The lowest BCUT2D eigenvalue weighted by Crippen LogP contribution is -2.11. The Morgan fingerprint density at radius 1 is 1.13 bits per heavy atom. The number of nitrogens with two attached hydrogens (primary N) is 1. The topological polar surface area (TPSA) is 82.5 Å². The van der Waals surface area contributed by atoms with Gasteiger partial charge in [-0.3, -0.25) is 0 Å². The molecule has 0 saturated carbocycles. The first-order valence-corrected chi connectivity index (χ1v) is 8.50. The van der Waals surface area contributed by atoms with E-state index < -0.39 is 0 Å². The van der Waals surface area contributed by atoms with Crippen LogP contribution in [0.1, 0.15) is 5.82 Å². The molecular formula is C15H12N6S2. The lowest BCUT2D eigenvalue weighted by molar-refractivity contribution is 0.824. The van der Waals surface area contributed by atoms with Crippen LogP contribution in [0.25, 0.3) is 20.7 Å². The van der Waals surface area contributed by atoms with Crippen molar-refractivity contribution in [3.05, 3.63) is 48.5 Å². The maximum Gasteiger partial charge on any atom is 0.216 e. The highest BCUT2D eigenvalue weighted by Crippen LogP contribution is 2.37. The van der Waals surface area contributed by atoms with E-state index in [1.807, 2.05) is 25.1 Å². The first kappa shape index (κ1) is 14.2. The number of aryl methyl sites for hydroxylation is 1. The van der Waals surface area contributed by atoms with E-state index in [1.165, 1.54) is 22.0 Å². The maximum atomic E-state index is 5.92. The first-order valence-electron chi connectivity index (χ1n) is 6.87. The second-order valence-corrected chi connectivity index (χ2v) is 6.86. The Kier molecular flexibility index (Phi) is 3.47. The highest BCUT2D eigenvalue weighted by atomic mass is 32.2. The van der Waals surface area contributed by atoms with Gasteiger partial charge in [0.05, 0.1) is 0 Å². The quantitative estimate of drug-likeness (QED) is 0.456. The van der Waals surface area contributed by atoms with Gasteiger partial charge in [0.2, 0.25) is 5.16 Å². The zero-order valence-electron chi connectivity index (χ0n) is 12.2. The SMILES string of the molecule is Cc1nnc(Sc2ncnc3sc(-c4ccccc4)cc23)n1N. The number of thiophene rings is 1. The fraction of sp³-hybridized carbons (Fsp3) is 0.0667. The highest BCUT2D eigenvalue weighted by molar-refractivity contribution is 7.99. The second-order valence-electron chi connectivity index (χ2n) is 4.88. The summed E-state index contributed by atoms with van der Waals surface area (Å²) in [6.07, 6.45) is 1.57. The second kappa shape index (κ2) is 5.64. The summed E-state index contributed by atoms with van der Waals surface area (Å²) in [5, 5.41) is 10.5. The smallest absolute Gasteiger partial charge is 0.216 e. The molecule has 0 aliphatic rings. The van der Waals surface area contributed by atoms with Gasteiger partial charge in [-0.1, -0.05) is 30.3 Å². The number of hydrogen-bond acceptors (Lipinski definition) is 7. The van der Waals surface area contributed by atoms with Crippen molar-refractivity contribution in [3.8, 4) is 10.4 Å². The van der Waals surface area contributed by atoms with Gasteiger partial charge in [0.1, 0.15) is 22.0 Å². The third-order valence-corrected chi connectivity index (χ3v) is 5.45. The summed E-state index contributed by atoms with van der Waals surface area (Å²) in [6.45, 7) is 1.81. The van der Waals surface area contributed by atoms with Crippen LogP contribution in [0.2, 0.25) is 0 Å². The lowest BCUT2D eigenvalue weighted by atomic mass is 10.2. The molecule has 0 unspecified atom stereocenters. The van der Waals surface area contributed by atoms with Crippen molar-refractivity contribution >= 4 is 33.3 Å². The normalized spacial score (nSPS) is 11.2. The minimum Gasteiger partial charge on any atom is -0.336 e. The van der Waals surface area contributed by atoms with E-state index in [0.717, 1.165) is 20.1 Å². The van der Waals surface area contributed by atoms with Crippen LogP contribution in [0.5, 0.6) is 0 Å². The molecule has 2 N–H and O–H groups in total. The average molecular weight is 340 g/mol. The molecule has 3 heterocycles. The molecule has 1 aromatic carbocycles. The fourth-order valence-electron chi connectivity index (χ4n) is 2.17. The molecule has 0 aliphatic carbocycles. The number of nitrogen functional groups attached to an aromatic ring is 1. The predicted molar refractivity (Wildman–Crippen MR) is 91.9 cm³/mol. The van der Waals surface area contributed by atoms with Crippen molar-refractivity contribution < 1.29 is 0 Å². The molecule has 0 fully saturated rings. The van der Waals surface area contributed by atoms with Crippen molar-refractivity contribution in [2.45, 2.75) is 17.1 Å². The van der Waals surface area contributed by atoms with Crippen molar-refractivity contribution in [3.63, 3.8) is 0 Å². The Hall–Kier alpha value is -2.45. The van der Waals surface area contributed by atoms with Gasteiger partial charge in [0.25, 0.3) is 0 Å². The van der Waals surface area contributed by atoms with E-state index in [0.29, 0.717) is 11.0 Å². The highest BCUT2D eigenvalue weighted by Gasteiger charge is 2.14. The molecular weight excluding hydrogens is 328 g/mol. The molecule has 0 amide bonds. The lowest BCUT2D eigenvalue weighted by Gasteiger charge is -2.01. The van der Waals surface area contributed by atoms with Gasteiger partial charge >= 0.3 is 0 Å². The number of hydrogen-bond donors (Lipinski definition) is 1. The molecule has 0 radical (unpaired) electrons. The molecule has 4 rings (SSSR count). The van der Waals surface area contributed by atoms with Crippen LogP contribution in [0.3, 0.4) is 0 Å². The van der Waals surface area contributed by atoms with Crippen LogP contribution in [0, 0.1) is 6.92 Å². The third-order valence-electron chi connectivity index (χ3n) is 3.37. The van der Waals surface area contributed by atoms with Crippen LogP contribution in [0.15, 0.2) is 52.9 Å². The van der Waals surface area contributed by atoms with Crippen LogP contribution < -0.4 is 5.84 Å². The van der Waals surface area contributed by atoms with E-state index in [2.05, 4.69) is 38.4 Å². The Bertz CT molecular complexity index is 976. The van der Waals surface area contributed by atoms with E-state index in [-0.39, 0.29) is 0 Å². The van der Waals surface area contributed by atoms with Gasteiger partial charge in [-0.05, 0) is 30.3 Å². The zero-order chi connectivity index (χ0) is 15.8. The summed E-state index contributed by atoms with van der Waals surface area (Å²) in [5.41, 5.74) is 1.17. The number of benzene rings is 1. The van der Waals surface area contributed by atoms with Crippen molar-refractivity contribution in [1.29, 1.82) is 0 Å². The van der Waals surface area contributed by atoms with Gasteiger partial charge in [0, 0.05) is 10.3 Å². The van der Waals surface area contributed by atoms with E-state index in [1.54, 1.807) is 17.7 Å². The minimum atomic E-state index is 0.606.